The van der Waals surface area contributed by atoms with E-state index in [9.17, 15) is 4.39 Å². The van der Waals surface area contributed by atoms with Crippen molar-refractivity contribution in [2.24, 2.45) is 0 Å². The van der Waals surface area contributed by atoms with Gasteiger partial charge in [-0.05, 0) is 24.3 Å². The van der Waals surface area contributed by atoms with E-state index in [2.05, 4.69) is 11.0 Å². The Morgan fingerprint density at radius 3 is 2.37 bits per heavy atom. The molecule has 2 aromatic rings. The zero-order valence-corrected chi connectivity index (χ0v) is 18.1. The van der Waals surface area contributed by atoms with Gasteiger partial charge in [-0.3, -0.25) is 0 Å². The smallest absolute Gasteiger partial charge is 0.146 e. The number of piperidine rings is 1. The monoisotopic (exact) mass is 415 g/mol. The first-order valence-electron chi connectivity index (χ1n) is 11.1. The number of benzene rings is 2. The SMILES string of the molecule is COc1ccc(C[NH+]2CCC([NH+]3CCN(c4ccccc4F)CC3)CC2)c(OC)c1. The summed E-state index contributed by atoms with van der Waals surface area (Å²) in [5.41, 5.74) is 2.00. The summed E-state index contributed by atoms with van der Waals surface area (Å²) in [4.78, 5) is 5.53. The summed E-state index contributed by atoms with van der Waals surface area (Å²) in [7, 11) is 3.41. The molecule has 0 aliphatic carbocycles. The summed E-state index contributed by atoms with van der Waals surface area (Å²) in [6.07, 6.45) is 2.51. The van der Waals surface area contributed by atoms with E-state index in [1.165, 1.54) is 31.5 Å². The molecule has 0 atom stereocenters. The van der Waals surface area contributed by atoms with Gasteiger partial charge >= 0.3 is 0 Å². The van der Waals surface area contributed by atoms with Crippen LogP contribution >= 0.6 is 0 Å². The predicted octanol–water partition coefficient (Wildman–Crippen LogP) is 0.795. The van der Waals surface area contributed by atoms with Crippen LogP contribution in [0.25, 0.3) is 0 Å². The van der Waals surface area contributed by atoms with Gasteiger partial charge in [-0.1, -0.05) is 12.1 Å². The van der Waals surface area contributed by atoms with Gasteiger partial charge in [0.1, 0.15) is 23.9 Å². The van der Waals surface area contributed by atoms with E-state index in [1.54, 1.807) is 36.2 Å². The summed E-state index contributed by atoms with van der Waals surface area (Å²) >= 11 is 0. The fourth-order valence-corrected chi connectivity index (χ4v) is 5.03. The standard InChI is InChI=1S/C24H32FN3O2/c1-29-21-8-7-19(24(17-21)30-2)18-26-11-9-20(10-12-26)27-13-15-28(16-14-27)23-6-4-3-5-22(23)25/h3-8,17,20H,9-16,18H2,1-2H3/p+2. The van der Waals surface area contributed by atoms with Crippen LogP contribution < -0.4 is 24.2 Å². The van der Waals surface area contributed by atoms with Crippen LogP contribution in [0.5, 0.6) is 11.5 Å². The first-order valence-corrected chi connectivity index (χ1v) is 11.1. The predicted molar refractivity (Wildman–Crippen MR) is 116 cm³/mol. The molecule has 0 radical (unpaired) electrons. The molecule has 30 heavy (non-hydrogen) atoms. The lowest BCUT2D eigenvalue weighted by Crippen LogP contribution is -3.21. The Balaban J connectivity index is 1.27. The van der Waals surface area contributed by atoms with Crippen LogP contribution in [0.2, 0.25) is 0 Å². The van der Waals surface area contributed by atoms with Gasteiger partial charge in [0.15, 0.2) is 0 Å². The fraction of sp³-hybridized carbons (Fsp3) is 0.500. The number of halogens is 1. The molecule has 2 N–H and O–H groups in total. The van der Waals surface area contributed by atoms with E-state index < -0.39 is 0 Å². The molecule has 0 bridgehead atoms. The maximum atomic E-state index is 14.1. The lowest BCUT2D eigenvalue weighted by molar-refractivity contribution is -0.963. The highest BCUT2D eigenvalue weighted by Crippen LogP contribution is 2.24. The second kappa shape index (κ2) is 9.67. The third-order valence-electron chi connectivity index (χ3n) is 6.80. The van der Waals surface area contributed by atoms with E-state index >= 15 is 0 Å². The highest BCUT2D eigenvalue weighted by atomic mass is 19.1. The average Bonchev–Trinajstić information content (AvgIpc) is 2.80. The van der Waals surface area contributed by atoms with Gasteiger partial charge in [0.05, 0.1) is 65.2 Å². The van der Waals surface area contributed by atoms with Crippen molar-refractivity contribution in [2.45, 2.75) is 25.4 Å². The molecule has 0 spiro atoms. The Morgan fingerprint density at radius 1 is 0.967 bits per heavy atom. The van der Waals surface area contributed by atoms with Gasteiger partial charge in [0.2, 0.25) is 0 Å². The maximum Gasteiger partial charge on any atom is 0.146 e. The Bertz CT molecular complexity index is 831. The molecular formula is C24H34FN3O2+2. The Morgan fingerprint density at radius 2 is 1.70 bits per heavy atom. The fourth-order valence-electron chi connectivity index (χ4n) is 5.03. The van der Waals surface area contributed by atoms with E-state index in [0.717, 1.165) is 56.0 Å². The van der Waals surface area contributed by atoms with Crippen molar-refractivity contribution in [1.29, 1.82) is 0 Å². The number of piperazine rings is 1. The number of rotatable bonds is 6. The minimum absolute atomic E-state index is 0.105. The number of nitrogens with one attached hydrogen (secondary N) is 2. The highest BCUT2D eigenvalue weighted by molar-refractivity contribution is 5.47. The normalized spacial score (nSPS) is 22.7. The Labute approximate surface area is 179 Å². The molecular weight excluding hydrogens is 381 g/mol. The molecule has 4 rings (SSSR count). The zero-order valence-electron chi connectivity index (χ0n) is 18.1. The van der Waals surface area contributed by atoms with Crippen molar-refractivity contribution in [3.05, 3.63) is 53.8 Å². The Hall–Kier alpha value is -2.31. The van der Waals surface area contributed by atoms with Crippen molar-refractivity contribution < 1.29 is 23.7 Å². The number of ether oxygens (including phenoxy) is 2. The van der Waals surface area contributed by atoms with Gasteiger partial charge in [-0.15, -0.1) is 0 Å². The Kier molecular flexibility index (Phi) is 6.75. The third-order valence-corrected chi connectivity index (χ3v) is 6.80. The van der Waals surface area contributed by atoms with Crippen molar-refractivity contribution in [2.75, 3.05) is 58.4 Å². The maximum absolute atomic E-state index is 14.1. The number of likely N-dealkylation sites (tertiary alicyclic amines) is 1. The van der Waals surface area contributed by atoms with Crippen LogP contribution in [0.1, 0.15) is 18.4 Å². The second-order valence-electron chi connectivity index (χ2n) is 8.48. The molecule has 5 nitrogen and oxygen atoms in total. The largest absolute Gasteiger partial charge is 0.497 e. The molecule has 2 saturated heterocycles. The van der Waals surface area contributed by atoms with E-state index in [-0.39, 0.29) is 5.82 Å². The quantitative estimate of drug-likeness (QED) is 0.732. The van der Waals surface area contributed by atoms with Gasteiger partial charge < -0.3 is 24.2 Å². The molecule has 162 valence electrons. The summed E-state index contributed by atoms with van der Waals surface area (Å²) in [6.45, 7) is 7.46. The van der Waals surface area contributed by atoms with Gasteiger partial charge in [-0.25, -0.2) is 4.39 Å². The van der Waals surface area contributed by atoms with E-state index in [0.29, 0.717) is 0 Å². The molecule has 2 heterocycles. The molecule has 6 heteroatoms. The minimum atomic E-state index is -0.105. The second-order valence-corrected chi connectivity index (χ2v) is 8.48. The summed E-state index contributed by atoms with van der Waals surface area (Å²) < 4.78 is 25.0. The van der Waals surface area contributed by atoms with Crippen molar-refractivity contribution in [3.63, 3.8) is 0 Å². The molecule has 0 saturated carbocycles. The average molecular weight is 416 g/mol. The van der Waals surface area contributed by atoms with Crippen molar-refractivity contribution in [3.8, 4) is 11.5 Å². The molecule has 2 fully saturated rings. The van der Waals surface area contributed by atoms with Crippen LogP contribution in [0.4, 0.5) is 10.1 Å². The molecule has 0 unspecified atom stereocenters. The lowest BCUT2D eigenvalue weighted by atomic mass is 10.0. The van der Waals surface area contributed by atoms with Crippen LogP contribution in [-0.4, -0.2) is 59.5 Å². The molecule has 0 aromatic heterocycles. The first-order chi connectivity index (χ1) is 14.7. The topological polar surface area (TPSA) is 30.6 Å². The third kappa shape index (κ3) is 4.71. The van der Waals surface area contributed by atoms with Gasteiger partial charge in [0, 0.05) is 24.5 Å². The van der Waals surface area contributed by atoms with Crippen molar-refractivity contribution >= 4 is 5.69 Å². The van der Waals surface area contributed by atoms with Crippen molar-refractivity contribution in [1.82, 2.24) is 0 Å². The number of methoxy groups -OCH3 is 2. The number of anilines is 1. The lowest BCUT2D eigenvalue weighted by Gasteiger charge is -2.40. The van der Waals surface area contributed by atoms with Gasteiger partial charge in [0.25, 0.3) is 0 Å². The molecule has 2 aliphatic heterocycles. The van der Waals surface area contributed by atoms with Crippen LogP contribution in [0.15, 0.2) is 42.5 Å². The molecule has 2 aromatic carbocycles. The van der Waals surface area contributed by atoms with Crippen LogP contribution in [0, 0.1) is 5.82 Å². The van der Waals surface area contributed by atoms with E-state index in [4.69, 9.17) is 9.47 Å². The summed E-state index contributed by atoms with van der Waals surface area (Å²) in [5.74, 6) is 1.65. The molecule has 2 aliphatic rings. The van der Waals surface area contributed by atoms with Crippen LogP contribution in [0.3, 0.4) is 0 Å². The highest BCUT2D eigenvalue weighted by Gasteiger charge is 2.33. The zero-order chi connectivity index (χ0) is 20.9. The number of hydrogen-bond acceptors (Lipinski definition) is 3. The number of quaternary nitrogens is 2. The number of hydrogen-bond donors (Lipinski definition) is 2. The minimum Gasteiger partial charge on any atom is -0.497 e. The first kappa shape index (κ1) is 20.9. The number of para-hydroxylation sites is 1. The van der Waals surface area contributed by atoms with E-state index in [1.807, 2.05) is 24.3 Å². The van der Waals surface area contributed by atoms with Gasteiger partial charge in [-0.2, -0.15) is 0 Å². The molecule has 0 amide bonds. The summed E-state index contributed by atoms with van der Waals surface area (Å²) in [6, 6.07) is 14.0. The van der Waals surface area contributed by atoms with Crippen LogP contribution in [-0.2, 0) is 6.54 Å². The number of nitrogens with zero attached hydrogens (tertiary/aromatic N) is 1. The summed E-state index contributed by atoms with van der Waals surface area (Å²) in [5, 5.41) is 0.